The van der Waals surface area contributed by atoms with E-state index in [9.17, 15) is 5.11 Å². The number of ether oxygens (including phenoxy) is 4. The van der Waals surface area contributed by atoms with Crippen LogP contribution in [0.4, 0.5) is 0 Å². The van der Waals surface area contributed by atoms with Gasteiger partial charge in [0.05, 0.1) is 32.0 Å². The van der Waals surface area contributed by atoms with Gasteiger partial charge in [-0.15, -0.1) is 6.58 Å². The standard InChI is InChI=1S/C23H32O5/c1-3-22(2)18(15-27-21-11-7-8-12-25-21)23(16-28-23)19(24)13-20(22)26-14-17-9-5-4-6-10-17/h3-6,9-10,18-21,24H,1,7-8,11-16H2,2H3/t18-,19-,20-,21?,22-,23+/m0/s1. The first kappa shape index (κ1) is 20.0. The molecule has 1 aromatic carbocycles. The Labute approximate surface area is 167 Å². The van der Waals surface area contributed by atoms with Gasteiger partial charge < -0.3 is 24.1 Å². The largest absolute Gasteiger partial charge is 0.390 e. The quantitative estimate of drug-likeness (QED) is 0.573. The summed E-state index contributed by atoms with van der Waals surface area (Å²) in [4.78, 5) is 0. The number of epoxide rings is 1. The zero-order chi connectivity index (χ0) is 19.6. The van der Waals surface area contributed by atoms with Crippen LogP contribution in [0.25, 0.3) is 0 Å². The molecule has 0 aromatic heterocycles. The molecular formula is C23H32O5. The van der Waals surface area contributed by atoms with Crippen LogP contribution in [0.5, 0.6) is 0 Å². The predicted octanol–water partition coefficient (Wildman–Crippen LogP) is 3.46. The van der Waals surface area contributed by atoms with Gasteiger partial charge in [-0.3, -0.25) is 0 Å². The molecule has 1 saturated carbocycles. The molecule has 154 valence electrons. The van der Waals surface area contributed by atoms with Crippen molar-refractivity contribution in [2.24, 2.45) is 11.3 Å². The molecule has 0 radical (unpaired) electrons. The van der Waals surface area contributed by atoms with Crippen molar-refractivity contribution in [1.29, 1.82) is 0 Å². The fourth-order valence-electron chi connectivity index (χ4n) is 4.78. The predicted molar refractivity (Wildman–Crippen MR) is 106 cm³/mol. The SMILES string of the molecule is C=C[C@]1(C)[C@@H](OCc2ccccc2)C[C@H](O)[C@@]2(CO2)[C@H]1COC1CCCCO1. The lowest BCUT2D eigenvalue weighted by Crippen LogP contribution is -2.59. The summed E-state index contributed by atoms with van der Waals surface area (Å²) < 4.78 is 24.0. The normalized spacial score (nSPS) is 40.4. The highest BCUT2D eigenvalue weighted by Crippen LogP contribution is 2.56. The zero-order valence-corrected chi connectivity index (χ0v) is 16.7. The molecule has 1 unspecified atom stereocenters. The molecule has 28 heavy (non-hydrogen) atoms. The van der Waals surface area contributed by atoms with Crippen LogP contribution in [0.15, 0.2) is 43.0 Å². The molecular weight excluding hydrogens is 356 g/mol. The molecule has 0 bridgehead atoms. The molecule has 1 spiro atoms. The van der Waals surface area contributed by atoms with Gasteiger partial charge in [-0.25, -0.2) is 0 Å². The second-order valence-electron chi connectivity index (χ2n) is 8.53. The first-order chi connectivity index (χ1) is 13.6. The Balaban J connectivity index is 1.49. The summed E-state index contributed by atoms with van der Waals surface area (Å²) in [6.07, 6.45) is 4.75. The topological polar surface area (TPSA) is 60.5 Å². The maximum absolute atomic E-state index is 10.9. The van der Waals surface area contributed by atoms with Crippen LogP contribution in [0.3, 0.4) is 0 Å². The lowest BCUT2D eigenvalue weighted by Gasteiger charge is -2.50. The molecule has 4 rings (SSSR count). The van der Waals surface area contributed by atoms with Crippen LogP contribution in [-0.4, -0.2) is 49.0 Å². The Morgan fingerprint density at radius 3 is 2.68 bits per heavy atom. The van der Waals surface area contributed by atoms with E-state index in [0.717, 1.165) is 31.4 Å². The van der Waals surface area contributed by atoms with E-state index in [1.165, 1.54) is 0 Å². The van der Waals surface area contributed by atoms with Crippen molar-refractivity contribution in [3.05, 3.63) is 48.6 Å². The van der Waals surface area contributed by atoms with E-state index in [-0.39, 0.29) is 23.7 Å². The minimum absolute atomic E-state index is 0.0347. The molecule has 3 aliphatic rings. The van der Waals surface area contributed by atoms with Crippen LogP contribution < -0.4 is 0 Å². The number of rotatable bonds is 7. The van der Waals surface area contributed by atoms with Crippen molar-refractivity contribution < 1.29 is 24.1 Å². The van der Waals surface area contributed by atoms with Gasteiger partial charge in [0.15, 0.2) is 6.29 Å². The Kier molecular flexibility index (Phi) is 5.91. The molecule has 5 heteroatoms. The third-order valence-corrected chi connectivity index (χ3v) is 6.83. The summed E-state index contributed by atoms with van der Waals surface area (Å²) in [5.41, 5.74) is 0.207. The first-order valence-electron chi connectivity index (χ1n) is 10.4. The minimum Gasteiger partial charge on any atom is -0.390 e. The maximum Gasteiger partial charge on any atom is 0.157 e. The first-order valence-corrected chi connectivity index (χ1v) is 10.4. The monoisotopic (exact) mass is 388 g/mol. The van der Waals surface area contributed by atoms with E-state index >= 15 is 0 Å². The second-order valence-corrected chi connectivity index (χ2v) is 8.53. The van der Waals surface area contributed by atoms with Crippen LogP contribution in [-0.2, 0) is 25.6 Å². The number of benzene rings is 1. The Morgan fingerprint density at radius 2 is 2.04 bits per heavy atom. The highest BCUT2D eigenvalue weighted by molar-refractivity contribution is 5.20. The Morgan fingerprint density at radius 1 is 1.25 bits per heavy atom. The summed E-state index contributed by atoms with van der Waals surface area (Å²) in [5.74, 6) is -0.0347. The number of aliphatic hydroxyl groups excluding tert-OH is 1. The van der Waals surface area contributed by atoms with E-state index in [4.69, 9.17) is 18.9 Å². The smallest absolute Gasteiger partial charge is 0.157 e. The summed E-state index contributed by atoms with van der Waals surface area (Å²) >= 11 is 0. The van der Waals surface area contributed by atoms with Crippen molar-refractivity contribution in [2.75, 3.05) is 19.8 Å². The molecule has 0 amide bonds. The molecule has 2 saturated heterocycles. The van der Waals surface area contributed by atoms with Crippen LogP contribution in [0.1, 0.15) is 38.2 Å². The van der Waals surface area contributed by atoms with Gasteiger partial charge in [0.2, 0.25) is 0 Å². The Hall–Kier alpha value is -1.24. The molecule has 3 fully saturated rings. The summed E-state index contributed by atoms with van der Waals surface area (Å²) in [6.45, 7) is 8.56. The molecule has 1 N–H and O–H groups in total. The molecule has 5 nitrogen and oxygen atoms in total. The molecule has 2 heterocycles. The summed E-state index contributed by atoms with van der Waals surface area (Å²) in [7, 11) is 0. The zero-order valence-electron chi connectivity index (χ0n) is 16.7. The van der Waals surface area contributed by atoms with Crippen molar-refractivity contribution >= 4 is 0 Å². The van der Waals surface area contributed by atoms with Crippen molar-refractivity contribution in [3.8, 4) is 0 Å². The average Bonchev–Trinajstić information content (AvgIpc) is 3.53. The molecule has 1 aromatic rings. The average molecular weight is 389 g/mol. The molecule has 6 atom stereocenters. The van der Waals surface area contributed by atoms with Crippen molar-refractivity contribution in [3.63, 3.8) is 0 Å². The third-order valence-electron chi connectivity index (χ3n) is 6.83. The molecule has 2 aliphatic heterocycles. The maximum atomic E-state index is 10.9. The third kappa shape index (κ3) is 3.79. The second kappa shape index (κ2) is 8.25. The van der Waals surface area contributed by atoms with Gasteiger partial charge in [0, 0.05) is 24.4 Å². The number of hydrogen-bond donors (Lipinski definition) is 1. The van der Waals surface area contributed by atoms with Crippen molar-refractivity contribution in [2.45, 2.75) is 63.3 Å². The fraction of sp³-hybridized carbons (Fsp3) is 0.652. The Bertz CT molecular complexity index is 652. The minimum atomic E-state index is -0.567. The summed E-state index contributed by atoms with van der Waals surface area (Å²) in [5, 5.41) is 10.9. The van der Waals surface area contributed by atoms with Gasteiger partial charge in [0.1, 0.15) is 5.60 Å². The van der Waals surface area contributed by atoms with Crippen molar-refractivity contribution in [1.82, 2.24) is 0 Å². The van der Waals surface area contributed by atoms with E-state index in [1.807, 2.05) is 24.3 Å². The lowest BCUT2D eigenvalue weighted by atomic mass is 9.60. The van der Waals surface area contributed by atoms with Gasteiger partial charge in [-0.2, -0.15) is 0 Å². The highest BCUT2D eigenvalue weighted by atomic mass is 16.7. The van der Waals surface area contributed by atoms with Gasteiger partial charge in [0.25, 0.3) is 0 Å². The fourth-order valence-corrected chi connectivity index (χ4v) is 4.78. The van der Waals surface area contributed by atoms with Gasteiger partial charge in [-0.05, 0) is 24.8 Å². The van der Waals surface area contributed by atoms with E-state index < -0.39 is 11.7 Å². The highest BCUT2D eigenvalue weighted by Gasteiger charge is 2.67. The van der Waals surface area contributed by atoms with Gasteiger partial charge in [-0.1, -0.05) is 43.3 Å². The van der Waals surface area contributed by atoms with E-state index in [0.29, 0.717) is 26.2 Å². The number of aliphatic hydroxyl groups is 1. The van der Waals surface area contributed by atoms with Crippen LogP contribution >= 0.6 is 0 Å². The van der Waals surface area contributed by atoms with Gasteiger partial charge >= 0.3 is 0 Å². The van der Waals surface area contributed by atoms with E-state index in [2.05, 4.69) is 25.6 Å². The van der Waals surface area contributed by atoms with Crippen LogP contribution in [0, 0.1) is 11.3 Å². The van der Waals surface area contributed by atoms with E-state index in [1.54, 1.807) is 0 Å². The molecule has 1 aliphatic carbocycles. The summed E-state index contributed by atoms with van der Waals surface area (Å²) in [6, 6.07) is 10.1. The number of hydrogen-bond acceptors (Lipinski definition) is 5. The lowest BCUT2D eigenvalue weighted by molar-refractivity contribution is -0.204. The van der Waals surface area contributed by atoms with Crippen LogP contribution in [0.2, 0.25) is 0 Å².